The second-order valence-corrected chi connectivity index (χ2v) is 5.35. The molecule has 3 heteroatoms. The van der Waals surface area contributed by atoms with Crippen LogP contribution in [0.3, 0.4) is 0 Å². The number of para-hydroxylation sites is 1. The van der Waals surface area contributed by atoms with Gasteiger partial charge in [-0.25, -0.2) is 0 Å². The summed E-state index contributed by atoms with van der Waals surface area (Å²) in [5.74, 6) is 0. The molecule has 0 radical (unpaired) electrons. The van der Waals surface area contributed by atoms with Crippen molar-refractivity contribution in [1.82, 2.24) is 4.90 Å². The zero-order valence-electron chi connectivity index (χ0n) is 11.2. The lowest BCUT2D eigenvalue weighted by molar-refractivity contribution is 0.0328. The first-order valence-electron chi connectivity index (χ1n) is 6.90. The zero-order valence-corrected chi connectivity index (χ0v) is 11.2. The van der Waals surface area contributed by atoms with Crippen LogP contribution in [0.25, 0.3) is 0 Å². The predicted octanol–water partition coefficient (Wildman–Crippen LogP) is 2.05. The second-order valence-electron chi connectivity index (χ2n) is 5.35. The van der Waals surface area contributed by atoms with Gasteiger partial charge in [-0.05, 0) is 37.9 Å². The average molecular weight is 248 g/mol. The fourth-order valence-corrected chi connectivity index (χ4v) is 2.83. The number of likely N-dealkylation sites (N-methyl/N-ethyl adjacent to an activating group) is 1. The van der Waals surface area contributed by atoms with E-state index >= 15 is 0 Å². The average Bonchev–Trinajstić information content (AvgIpc) is 2.38. The van der Waals surface area contributed by atoms with Crippen LogP contribution in [0.15, 0.2) is 24.3 Å². The smallest absolute Gasteiger partial charge is 0.0695 e. The van der Waals surface area contributed by atoms with Crippen LogP contribution >= 0.6 is 0 Å². The van der Waals surface area contributed by atoms with Gasteiger partial charge in [-0.15, -0.1) is 0 Å². The van der Waals surface area contributed by atoms with Gasteiger partial charge in [0.2, 0.25) is 0 Å². The Labute approximate surface area is 110 Å². The summed E-state index contributed by atoms with van der Waals surface area (Å²) in [6.45, 7) is 0.954. The molecule has 2 atom stereocenters. The summed E-state index contributed by atoms with van der Waals surface area (Å²) in [6, 6.07) is 8.35. The second kappa shape index (κ2) is 6.21. The molecule has 1 aliphatic rings. The van der Waals surface area contributed by atoms with Crippen molar-refractivity contribution in [2.45, 2.75) is 44.2 Å². The zero-order chi connectivity index (χ0) is 13.0. The molecular weight excluding hydrogens is 224 g/mol. The molecule has 0 aliphatic heterocycles. The Morgan fingerprint density at radius 1 is 1.28 bits per heavy atom. The van der Waals surface area contributed by atoms with Crippen LogP contribution in [0.2, 0.25) is 0 Å². The van der Waals surface area contributed by atoms with Crippen LogP contribution in [-0.2, 0) is 6.42 Å². The van der Waals surface area contributed by atoms with Crippen molar-refractivity contribution in [2.24, 2.45) is 0 Å². The summed E-state index contributed by atoms with van der Waals surface area (Å²) in [6.07, 6.45) is 5.25. The number of aliphatic hydroxyl groups excluding tert-OH is 1. The highest BCUT2D eigenvalue weighted by Gasteiger charge is 2.26. The molecule has 2 unspecified atom stereocenters. The molecule has 0 heterocycles. The van der Waals surface area contributed by atoms with E-state index in [2.05, 4.69) is 18.0 Å². The molecule has 1 aromatic rings. The normalized spacial score (nSPS) is 24.4. The molecule has 3 nitrogen and oxygen atoms in total. The molecule has 1 aromatic carbocycles. The summed E-state index contributed by atoms with van der Waals surface area (Å²) in [5.41, 5.74) is 8.02. The Morgan fingerprint density at radius 3 is 2.72 bits per heavy atom. The van der Waals surface area contributed by atoms with Crippen molar-refractivity contribution in [3.63, 3.8) is 0 Å². The number of nitrogens with zero attached hydrogens (tertiary/aromatic N) is 1. The number of aliphatic hydroxyl groups is 1. The van der Waals surface area contributed by atoms with E-state index in [-0.39, 0.29) is 6.10 Å². The molecule has 1 saturated carbocycles. The molecule has 18 heavy (non-hydrogen) atoms. The van der Waals surface area contributed by atoms with E-state index in [9.17, 15) is 5.11 Å². The van der Waals surface area contributed by atoms with Gasteiger partial charge in [-0.3, -0.25) is 0 Å². The van der Waals surface area contributed by atoms with Crippen LogP contribution in [0.5, 0.6) is 0 Å². The highest BCUT2D eigenvalue weighted by molar-refractivity contribution is 5.46. The van der Waals surface area contributed by atoms with E-state index in [4.69, 9.17) is 5.73 Å². The molecule has 1 fully saturated rings. The number of nitrogen functional groups attached to an aromatic ring is 1. The van der Waals surface area contributed by atoms with Gasteiger partial charge in [-0.1, -0.05) is 31.0 Å². The minimum atomic E-state index is -0.156. The van der Waals surface area contributed by atoms with Crippen LogP contribution in [0.1, 0.15) is 31.2 Å². The van der Waals surface area contributed by atoms with Crippen LogP contribution in [0, 0.1) is 0 Å². The molecule has 0 bridgehead atoms. The maximum atomic E-state index is 10.0. The summed E-state index contributed by atoms with van der Waals surface area (Å²) >= 11 is 0. The summed E-state index contributed by atoms with van der Waals surface area (Å²) in [5, 5.41) is 10.0. The molecule has 1 aliphatic carbocycles. The molecular formula is C15H24N2O. The molecule has 0 spiro atoms. The quantitative estimate of drug-likeness (QED) is 0.802. The summed E-state index contributed by atoms with van der Waals surface area (Å²) in [7, 11) is 2.11. The summed E-state index contributed by atoms with van der Waals surface area (Å²) in [4.78, 5) is 2.29. The van der Waals surface area contributed by atoms with E-state index < -0.39 is 0 Å². The molecule has 0 aromatic heterocycles. The Hall–Kier alpha value is -1.06. The largest absolute Gasteiger partial charge is 0.399 e. The van der Waals surface area contributed by atoms with E-state index in [0.717, 1.165) is 37.9 Å². The highest BCUT2D eigenvalue weighted by atomic mass is 16.3. The first-order chi connectivity index (χ1) is 8.68. The number of anilines is 1. The lowest BCUT2D eigenvalue weighted by atomic mass is 9.91. The van der Waals surface area contributed by atoms with Gasteiger partial charge in [-0.2, -0.15) is 0 Å². The topological polar surface area (TPSA) is 49.5 Å². The molecule has 3 N–H and O–H groups in total. The first-order valence-corrected chi connectivity index (χ1v) is 6.90. The molecule has 100 valence electrons. The van der Waals surface area contributed by atoms with E-state index in [1.807, 2.05) is 18.2 Å². The monoisotopic (exact) mass is 248 g/mol. The Kier molecular flexibility index (Phi) is 4.61. The maximum Gasteiger partial charge on any atom is 0.0695 e. The van der Waals surface area contributed by atoms with Crippen molar-refractivity contribution < 1.29 is 5.11 Å². The van der Waals surface area contributed by atoms with Crippen molar-refractivity contribution >= 4 is 5.69 Å². The van der Waals surface area contributed by atoms with Gasteiger partial charge in [0.1, 0.15) is 0 Å². The lowest BCUT2D eigenvalue weighted by Crippen LogP contribution is -2.44. The van der Waals surface area contributed by atoms with Gasteiger partial charge in [0.15, 0.2) is 0 Å². The van der Waals surface area contributed by atoms with Gasteiger partial charge in [0.25, 0.3) is 0 Å². The van der Waals surface area contributed by atoms with Crippen molar-refractivity contribution in [2.75, 3.05) is 19.3 Å². The lowest BCUT2D eigenvalue weighted by Gasteiger charge is -2.35. The predicted molar refractivity (Wildman–Crippen MR) is 75.5 cm³/mol. The Bertz CT molecular complexity index is 381. The first kappa shape index (κ1) is 13.4. The van der Waals surface area contributed by atoms with Crippen LogP contribution in [-0.4, -0.2) is 35.7 Å². The van der Waals surface area contributed by atoms with E-state index in [0.29, 0.717) is 6.04 Å². The van der Waals surface area contributed by atoms with E-state index in [1.165, 1.54) is 12.0 Å². The van der Waals surface area contributed by atoms with Gasteiger partial charge in [0.05, 0.1) is 6.10 Å². The summed E-state index contributed by atoms with van der Waals surface area (Å²) < 4.78 is 0. The number of hydrogen-bond donors (Lipinski definition) is 2. The van der Waals surface area contributed by atoms with Crippen molar-refractivity contribution in [1.29, 1.82) is 0 Å². The van der Waals surface area contributed by atoms with E-state index in [1.54, 1.807) is 0 Å². The fraction of sp³-hybridized carbons (Fsp3) is 0.600. The third-order valence-electron chi connectivity index (χ3n) is 4.05. The number of rotatable bonds is 4. The van der Waals surface area contributed by atoms with Crippen molar-refractivity contribution in [3.05, 3.63) is 29.8 Å². The maximum absolute atomic E-state index is 10.0. The highest BCUT2D eigenvalue weighted by Crippen LogP contribution is 2.22. The van der Waals surface area contributed by atoms with Crippen LogP contribution < -0.4 is 5.73 Å². The fourth-order valence-electron chi connectivity index (χ4n) is 2.83. The van der Waals surface area contributed by atoms with Gasteiger partial charge in [0, 0.05) is 18.3 Å². The Morgan fingerprint density at radius 2 is 2.00 bits per heavy atom. The molecule has 0 saturated heterocycles. The molecule has 2 rings (SSSR count). The van der Waals surface area contributed by atoms with Crippen LogP contribution in [0.4, 0.5) is 5.69 Å². The third-order valence-corrected chi connectivity index (χ3v) is 4.05. The SMILES string of the molecule is CN(CCc1ccccc1N)C1CCCCC1O. The minimum Gasteiger partial charge on any atom is -0.399 e. The number of hydrogen-bond acceptors (Lipinski definition) is 3. The van der Waals surface area contributed by atoms with Gasteiger partial charge < -0.3 is 15.7 Å². The minimum absolute atomic E-state index is 0.156. The number of benzene rings is 1. The standard InChI is InChI=1S/C15H24N2O/c1-17(14-8-4-5-9-15(14)18)11-10-12-6-2-3-7-13(12)16/h2-3,6-7,14-15,18H,4-5,8-11,16H2,1H3. The molecule has 0 amide bonds. The third kappa shape index (κ3) is 3.24. The van der Waals surface area contributed by atoms with Crippen molar-refractivity contribution in [3.8, 4) is 0 Å². The number of nitrogens with two attached hydrogens (primary N) is 1. The Balaban J connectivity index is 1.88. The van der Waals surface area contributed by atoms with Gasteiger partial charge >= 0.3 is 0 Å².